The van der Waals surface area contributed by atoms with Crippen molar-refractivity contribution < 1.29 is 25.2 Å². The molecule has 0 fully saturated rings. The SMILES string of the molecule is CCCCCC1=Cc2ccccc2S1(OS(C)(=O)=O)C(F)(F)F. The third-order valence-corrected chi connectivity index (χ3v) is 8.00. The van der Waals surface area contributed by atoms with Crippen LogP contribution in [0.25, 0.3) is 6.08 Å². The number of allylic oxidation sites excluding steroid dienone is 1. The number of alkyl halides is 3. The van der Waals surface area contributed by atoms with Crippen LogP contribution in [0.15, 0.2) is 34.1 Å². The van der Waals surface area contributed by atoms with Crippen LogP contribution in [0.2, 0.25) is 0 Å². The summed E-state index contributed by atoms with van der Waals surface area (Å²) in [4.78, 5) is -0.0468. The lowest BCUT2D eigenvalue weighted by atomic mass is 10.1. The van der Waals surface area contributed by atoms with Gasteiger partial charge in [-0.3, -0.25) is 0 Å². The molecule has 0 saturated heterocycles. The molecule has 1 atom stereocenters. The summed E-state index contributed by atoms with van der Waals surface area (Å²) in [6.45, 7) is 1.95. The van der Waals surface area contributed by atoms with Gasteiger partial charge < -0.3 is 0 Å². The van der Waals surface area contributed by atoms with Crippen LogP contribution < -0.4 is 0 Å². The topological polar surface area (TPSA) is 43.4 Å². The lowest BCUT2D eigenvalue weighted by Crippen LogP contribution is -2.25. The lowest BCUT2D eigenvalue weighted by Gasteiger charge is -2.38. The van der Waals surface area contributed by atoms with Crippen molar-refractivity contribution >= 4 is 26.5 Å². The molecule has 1 aliphatic rings. The highest BCUT2D eigenvalue weighted by Crippen LogP contribution is 2.78. The number of rotatable bonds is 6. The zero-order valence-corrected chi connectivity index (χ0v) is 14.5. The Morgan fingerprint density at radius 3 is 2.39 bits per heavy atom. The predicted octanol–water partition coefficient (Wildman–Crippen LogP) is 5.20. The van der Waals surface area contributed by atoms with E-state index >= 15 is 0 Å². The molecule has 1 aromatic carbocycles. The number of unbranched alkanes of at least 4 members (excludes halogenated alkanes) is 2. The number of benzene rings is 1. The molecule has 0 aromatic heterocycles. The Balaban J connectivity index is 2.60. The zero-order valence-electron chi connectivity index (χ0n) is 12.9. The van der Waals surface area contributed by atoms with Gasteiger partial charge in [-0.1, -0.05) is 38.0 Å². The van der Waals surface area contributed by atoms with E-state index in [1.54, 1.807) is 12.1 Å². The fourth-order valence-corrected chi connectivity index (χ4v) is 7.32. The van der Waals surface area contributed by atoms with E-state index in [2.05, 4.69) is 0 Å². The van der Waals surface area contributed by atoms with E-state index in [0.29, 0.717) is 18.2 Å². The molecule has 130 valence electrons. The Hall–Kier alpha value is -0.990. The quantitative estimate of drug-likeness (QED) is 0.649. The molecule has 3 nitrogen and oxygen atoms in total. The second kappa shape index (κ2) is 6.49. The van der Waals surface area contributed by atoms with Crippen molar-refractivity contribution in [2.24, 2.45) is 0 Å². The first-order chi connectivity index (χ1) is 10.6. The molecule has 0 bridgehead atoms. The van der Waals surface area contributed by atoms with Gasteiger partial charge in [0.15, 0.2) is 0 Å². The Bertz CT molecular complexity index is 711. The highest BCUT2D eigenvalue weighted by molar-refractivity contribution is 8.36. The van der Waals surface area contributed by atoms with Crippen molar-refractivity contribution in [3.63, 3.8) is 0 Å². The van der Waals surface area contributed by atoms with Crippen molar-refractivity contribution in [1.29, 1.82) is 0 Å². The van der Waals surface area contributed by atoms with Crippen molar-refractivity contribution in [3.05, 3.63) is 34.7 Å². The summed E-state index contributed by atoms with van der Waals surface area (Å²) in [6.07, 6.45) is 4.49. The van der Waals surface area contributed by atoms with E-state index in [0.717, 1.165) is 12.8 Å². The summed E-state index contributed by atoms with van der Waals surface area (Å²) in [6, 6.07) is 5.97. The molecular weight excluding hydrogens is 349 g/mol. The average Bonchev–Trinajstić information content (AvgIpc) is 2.72. The fraction of sp³-hybridized carbons (Fsp3) is 0.467. The van der Waals surface area contributed by atoms with Crippen LogP contribution >= 0.6 is 10.3 Å². The predicted molar refractivity (Wildman–Crippen MR) is 86.4 cm³/mol. The van der Waals surface area contributed by atoms with E-state index < -0.39 is 25.9 Å². The maximum absolute atomic E-state index is 14.0. The highest BCUT2D eigenvalue weighted by atomic mass is 32.3. The summed E-state index contributed by atoms with van der Waals surface area (Å²) >= 11 is 0. The Morgan fingerprint density at radius 2 is 1.83 bits per heavy atom. The minimum absolute atomic E-state index is 0.0325. The molecule has 0 N–H and O–H groups in total. The zero-order chi connectivity index (χ0) is 17.3. The van der Waals surface area contributed by atoms with Crippen molar-refractivity contribution in [2.75, 3.05) is 6.26 Å². The van der Waals surface area contributed by atoms with Crippen molar-refractivity contribution in [3.8, 4) is 0 Å². The number of fused-ring (bicyclic) bond motifs is 1. The summed E-state index contributed by atoms with van der Waals surface area (Å²) in [5.41, 5.74) is -4.41. The van der Waals surface area contributed by atoms with Gasteiger partial charge in [-0.2, -0.15) is 21.6 Å². The van der Waals surface area contributed by atoms with Crippen LogP contribution in [0.5, 0.6) is 0 Å². The Labute approximate surface area is 136 Å². The molecule has 0 aliphatic carbocycles. The number of halogens is 3. The third-order valence-electron chi connectivity index (χ3n) is 3.49. The van der Waals surface area contributed by atoms with Gasteiger partial charge in [-0.05, 0) is 30.5 Å². The number of hydrogen-bond acceptors (Lipinski definition) is 3. The first-order valence-corrected chi connectivity index (χ1v) is 10.6. The maximum Gasteiger partial charge on any atom is 0.456 e. The molecule has 1 aliphatic heterocycles. The third kappa shape index (κ3) is 3.59. The van der Waals surface area contributed by atoms with Crippen LogP contribution in [0.1, 0.15) is 38.2 Å². The van der Waals surface area contributed by atoms with Crippen LogP contribution in [0.3, 0.4) is 0 Å². The summed E-state index contributed by atoms with van der Waals surface area (Å²) in [7, 11) is -8.32. The molecule has 2 rings (SSSR count). The summed E-state index contributed by atoms with van der Waals surface area (Å²) < 4.78 is 69.9. The average molecular weight is 368 g/mol. The monoisotopic (exact) mass is 368 g/mol. The van der Waals surface area contributed by atoms with E-state index in [9.17, 15) is 21.6 Å². The van der Waals surface area contributed by atoms with Crippen LogP contribution in [0.4, 0.5) is 13.2 Å². The highest BCUT2D eigenvalue weighted by Gasteiger charge is 2.59. The first-order valence-electron chi connectivity index (χ1n) is 7.22. The van der Waals surface area contributed by atoms with Gasteiger partial charge in [0, 0.05) is 20.1 Å². The van der Waals surface area contributed by atoms with Gasteiger partial charge >= 0.3 is 5.51 Å². The fourth-order valence-electron chi connectivity index (χ4n) is 2.60. The maximum atomic E-state index is 14.0. The Morgan fingerprint density at radius 1 is 1.17 bits per heavy atom. The number of hydrogen-bond donors (Lipinski definition) is 0. The van der Waals surface area contributed by atoms with Crippen molar-refractivity contribution in [2.45, 2.75) is 43.0 Å². The van der Waals surface area contributed by atoms with Gasteiger partial charge in [-0.15, -0.1) is 0 Å². The molecular formula is C15H19F3O3S2. The molecule has 0 amide bonds. The van der Waals surface area contributed by atoms with E-state index in [1.807, 2.05) is 6.92 Å². The molecule has 1 aromatic rings. The standard InChI is InChI=1S/C15H19F3O3S2/c1-3-4-5-9-13-11-12-8-6-7-10-14(12)23(13,15(16,17)18)21-22(2,19)20/h6-8,10-11H,3-5,9H2,1-2H3. The summed E-state index contributed by atoms with van der Waals surface area (Å²) in [5, 5.41) is 0. The minimum atomic E-state index is -4.79. The van der Waals surface area contributed by atoms with E-state index in [-0.39, 0.29) is 16.2 Å². The molecule has 0 radical (unpaired) electrons. The molecule has 0 spiro atoms. The first kappa shape index (κ1) is 18.4. The van der Waals surface area contributed by atoms with Crippen LogP contribution in [0, 0.1) is 0 Å². The Kier molecular flexibility index (Phi) is 5.18. The molecule has 1 heterocycles. The van der Waals surface area contributed by atoms with Gasteiger partial charge in [0.05, 0.1) is 6.26 Å². The van der Waals surface area contributed by atoms with E-state index in [1.165, 1.54) is 18.2 Å². The second-order valence-corrected chi connectivity index (χ2v) is 9.87. The lowest BCUT2D eigenvalue weighted by molar-refractivity contribution is -0.0429. The second-order valence-electron chi connectivity index (χ2n) is 5.38. The van der Waals surface area contributed by atoms with Gasteiger partial charge in [0.25, 0.3) is 10.1 Å². The smallest absolute Gasteiger partial charge is 0.203 e. The summed E-state index contributed by atoms with van der Waals surface area (Å²) in [5.74, 6) is 0. The largest absolute Gasteiger partial charge is 0.456 e. The molecule has 8 heteroatoms. The normalized spacial score (nSPS) is 24.0. The van der Waals surface area contributed by atoms with Gasteiger partial charge in [-0.25, -0.2) is 3.63 Å². The molecule has 23 heavy (non-hydrogen) atoms. The van der Waals surface area contributed by atoms with Crippen LogP contribution in [-0.4, -0.2) is 20.2 Å². The molecule has 0 saturated carbocycles. The van der Waals surface area contributed by atoms with Gasteiger partial charge in [0.1, 0.15) is 0 Å². The molecule has 1 unspecified atom stereocenters. The van der Waals surface area contributed by atoms with E-state index in [4.69, 9.17) is 3.63 Å². The van der Waals surface area contributed by atoms with Crippen molar-refractivity contribution in [1.82, 2.24) is 0 Å². The van der Waals surface area contributed by atoms with Gasteiger partial charge in [0.2, 0.25) is 0 Å². The minimum Gasteiger partial charge on any atom is -0.203 e. The van der Waals surface area contributed by atoms with Crippen LogP contribution in [-0.2, 0) is 13.7 Å².